The maximum atomic E-state index is 9.75. The molecule has 0 saturated carbocycles. The van der Waals surface area contributed by atoms with Gasteiger partial charge in [0.25, 0.3) is 0 Å². The van der Waals surface area contributed by atoms with Crippen molar-refractivity contribution in [3.05, 3.63) is 34.9 Å². The van der Waals surface area contributed by atoms with Crippen molar-refractivity contribution >= 4 is 11.6 Å². The number of rotatable bonds is 5. The molecular weight excluding hydrogens is 210 g/mol. The molecule has 1 rings (SSSR count). The smallest absolute Gasteiger partial charge is 0.0914 e. The second kappa shape index (κ2) is 6.47. The van der Waals surface area contributed by atoms with Crippen molar-refractivity contribution in [1.82, 2.24) is 5.32 Å². The minimum atomic E-state index is -0.514. The van der Waals surface area contributed by atoms with Crippen LogP contribution >= 0.6 is 11.6 Å². The number of hydrogen-bond donors (Lipinski definition) is 2. The number of terminal acetylenes is 1. The van der Waals surface area contributed by atoms with Crippen molar-refractivity contribution in [3.63, 3.8) is 0 Å². The van der Waals surface area contributed by atoms with Crippen molar-refractivity contribution in [3.8, 4) is 12.3 Å². The highest BCUT2D eigenvalue weighted by Crippen LogP contribution is 2.15. The summed E-state index contributed by atoms with van der Waals surface area (Å²) in [6.07, 6.45) is 5.27. The zero-order valence-corrected chi connectivity index (χ0v) is 9.17. The number of hydrogen-bond acceptors (Lipinski definition) is 2. The topological polar surface area (TPSA) is 32.3 Å². The predicted octanol–water partition coefficient (Wildman–Crippen LogP) is 1.99. The Bertz CT molecular complexity index is 328. The monoisotopic (exact) mass is 223 g/mol. The van der Waals surface area contributed by atoms with Crippen LogP contribution in [0, 0.1) is 12.3 Å². The molecule has 80 valence electrons. The molecule has 0 radical (unpaired) electrons. The third-order valence-corrected chi connectivity index (χ3v) is 2.29. The molecule has 0 aliphatic rings. The summed E-state index contributed by atoms with van der Waals surface area (Å²) in [4.78, 5) is 0. The molecule has 3 heteroatoms. The molecule has 0 aliphatic carbocycles. The van der Waals surface area contributed by atoms with Crippen LogP contribution in [0.4, 0.5) is 0 Å². The molecule has 0 aromatic heterocycles. The van der Waals surface area contributed by atoms with Crippen LogP contribution in [0.15, 0.2) is 24.3 Å². The van der Waals surface area contributed by atoms with E-state index in [0.29, 0.717) is 18.0 Å². The molecule has 0 heterocycles. The van der Waals surface area contributed by atoms with Crippen molar-refractivity contribution < 1.29 is 5.11 Å². The summed E-state index contributed by atoms with van der Waals surface area (Å²) in [6, 6.07) is 7.16. The number of benzene rings is 1. The van der Waals surface area contributed by atoms with E-state index in [0.717, 1.165) is 12.1 Å². The van der Waals surface area contributed by atoms with E-state index in [1.807, 2.05) is 12.1 Å². The van der Waals surface area contributed by atoms with E-state index in [2.05, 4.69) is 11.2 Å². The van der Waals surface area contributed by atoms with E-state index >= 15 is 0 Å². The summed E-state index contributed by atoms with van der Waals surface area (Å²) in [5, 5.41) is 13.5. The standard InChI is InChI=1S/C12H14ClNO/c1-2-3-8-14-9-12(15)10-4-6-11(13)7-5-10/h1,4-7,12,14-15H,3,8-9H2. The second-order valence-corrected chi connectivity index (χ2v) is 3.66. The van der Waals surface area contributed by atoms with Crippen LogP contribution in [0.25, 0.3) is 0 Å². The molecular formula is C12H14ClNO. The minimum absolute atomic E-state index is 0.503. The molecule has 0 bridgehead atoms. The van der Waals surface area contributed by atoms with E-state index in [9.17, 15) is 5.11 Å². The molecule has 2 nitrogen and oxygen atoms in total. The van der Waals surface area contributed by atoms with Gasteiger partial charge in [-0.1, -0.05) is 23.7 Å². The van der Waals surface area contributed by atoms with Crippen LogP contribution < -0.4 is 5.32 Å². The largest absolute Gasteiger partial charge is 0.387 e. The molecule has 0 spiro atoms. The van der Waals surface area contributed by atoms with Gasteiger partial charge in [0.1, 0.15) is 0 Å². The highest BCUT2D eigenvalue weighted by molar-refractivity contribution is 6.30. The maximum Gasteiger partial charge on any atom is 0.0914 e. The fourth-order valence-electron chi connectivity index (χ4n) is 1.20. The molecule has 0 aliphatic heterocycles. The summed E-state index contributed by atoms with van der Waals surface area (Å²) < 4.78 is 0. The first kappa shape index (κ1) is 12.1. The molecule has 2 N–H and O–H groups in total. The minimum Gasteiger partial charge on any atom is -0.387 e. The normalized spacial score (nSPS) is 12.1. The van der Waals surface area contributed by atoms with E-state index in [4.69, 9.17) is 18.0 Å². The first-order chi connectivity index (χ1) is 7.24. The van der Waals surface area contributed by atoms with E-state index in [1.165, 1.54) is 0 Å². The molecule has 1 aromatic carbocycles. The van der Waals surface area contributed by atoms with Gasteiger partial charge in [-0.15, -0.1) is 12.3 Å². The van der Waals surface area contributed by atoms with Crippen LogP contribution in [-0.2, 0) is 0 Å². The average molecular weight is 224 g/mol. The lowest BCUT2D eigenvalue weighted by Gasteiger charge is -2.11. The second-order valence-electron chi connectivity index (χ2n) is 3.23. The Morgan fingerprint density at radius 3 is 2.67 bits per heavy atom. The van der Waals surface area contributed by atoms with Gasteiger partial charge in [-0.05, 0) is 17.7 Å². The van der Waals surface area contributed by atoms with Gasteiger partial charge in [-0.3, -0.25) is 0 Å². The van der Waals surface area contributed by atoms with Gasteiger partial charge in [0.05, 0.1) is 6.10 Å². The third-order valence-electron chi connectivity index (χ3n) is 2.04. The van der Waals surface area contributed by atoms with Crippen LogP contribution in [0.3, 0.4) is 0 Å². The number of aliphatic hydroxyl groups is 1. The number of nitrogens with one attached hydrogen (secondary N) is 1. The summed E-state index contributed by atoms with van der Waals surface area (Å²) in [7, 11) is 0. The number of halogens is 1. The Kier molecular flexibility index (Phi) is 5.20. The Morgan fingerprint density at radius 2 is 2.07 bits per heavy atom. The summed E-state index contributed by atoms with van der Waals surface area (Å²) in [5.74, 6) is 2.53. The van der Waals surface area contributed by atoms with Crippen LogP contribution in [0.2, 0.25) is 5.02 Å². The highest BCUT2D eigenvalue weighted by atomic mass is 35.5. The van der Waals surface area contributed by atoms with E-state index in [1.54, 1.807) is 12.1 Å². The van der Waals surface area contributed by atoms with Crippen LogP contribution in [0.1, 0.15) is 18.1 Å². The molecule has 1 unspecified atom stereocenters. The Hall–Kier alpha value is -1.01. The summed E-state index contributed by atoms with van der Waals surface area (Å²) >= 11 is 5.74. The van der Waals surface area contributed by atoms with Crippen LogP contribution in [0.5, 0.6) is 0 Å². The fourth-order valence-corrected chi connectivity index (χ4v) is 1.33. The SMILES string of the molecule is C#CCCNCC(O)c1ccc(Cl)cc1. The maximum absolute atomic E-state index is 9.75. The van der Waals surface area contributed by atoms with Crippen LogP contribution in [-0.4, -0.2) is 18.2 Å². The number of aliphatic hydroxyl groups excluding tert-OH is 1. The van der Waals surface area contributed by atoms with Crippen molar-refractivity contribution in [1.29, 1.82) is 0 Å². The quantitative estimate of drug-likeness (QED) is 0.591. The van der Waals surface area contributed by atoms with E-state index in [-0.39, 0.29) is 0 Å². The van der Waals surface area contributed by atoms with Gasteiger partial charge in [0.2, 0.25) is 0 Å². The summed E-state index contributed by atoms with van der Waals surface area (Å²) in [5.41, 5.74) is 0.854. The van der Waals surface area contributed by atoms with Crippen molar-refractivity contribution in [2.75, 3.05) is 13.1 Å². The molecule has 1 atom stereocenters. The first-order valence-corrected chi connectivity index (χ1v) is 5.19. The molecule has 1 aromatic rings. The fraction of sp³-hybridized carbons (Fsp3) is 0.333. The molecule has 15 heavy (non-hydrogen) atoms. The van der Waals surface area contributed by atoms with Gasteiger partial charge >= 0.3 is 0 Å². The predicted molar refractivity (Wildman–Crippen MR) is 62.7 cm³/mol. The average Bonchev–Trinajstić information content (AvgIpc) is 2.25. The zero-order chi connectivity index (χ0) is 11.1. The van der Waals surface area contributed by atoms with Crippen molar-refractivity contribution in [2.24, 2.45) is 0 Å². The Labute approximate surface area is 95.3 Å². The van der Waals surface area contributed by atoms with Crippen molar-refractivity contribution in [2.45, 2.75) is 12.5 Å². The molecule has 0 fully saturated rings. The van der Waals surface area contributed by atoms with Gasteiger partial charge in [0, 0.05) is 24.5 Å². The van der Waals surface area contributed by atoms with Gasteiger partial charge in [-0.25, -0.2) is 0 Å². The third kappa shape index (κ3) is 4.35. The molecule has 0 amide bonds. The zero-order valence-electron chi connectivity index (χ0n) is 8.41. The molecule has 0 saturated heterocycles. The van der Waals surface area contributed by atoms with Gasteiger partial charge in [-0.2, -0.15) is 0 Å². The lowest BCUT2D eigenvalue weighted by molar-refractivity contribution is 0.175. The Balaban J connectivity index is 2.37. The summed E-state index contributed by atoms with van der Waals surface area (Å²) in [6.45, 7) is 1.23. The Morgan fingerprint density at radius 1 is 1.40 bits per heavy atom. The van der Waals surface area contributed by atoms with E-state index < -0.39 is 6.10 Å². The highest BCUT2D eigenvalue weighted by Gasteiger charge is 2.05. The van der Waals surface area contributed by atoms with Gasteiger partial charge < -0.3 is 10.4 Å². The lowest BCUT2D eigenvalue weighted by Crippen LogP contribution is -2.22. The first-order valence-electron chi connectivity index (χ1n) is 4.81. The van der Waals surface area contributed by atoms with Gasteiger partial charge in [0.15, 0.2) is 0 Å². The lowest BCUT2D eigenvalue weighted by atomic mass is 10.1.